The molecule has 1 amide bonds. The Hall–Kier alpha value is -3.02. The van der Waals surface area contributed by atoms with E-state index in [9.17, 15) is 9.59 Å². The first-order chi connectivity index (χ1) is 15.1. The first-order valence-corrected chi connectivity index (χ1v) is 10.8. The first kappa shape index (κ1) is 24.3. The maximum atomic E-state index is 12.3. The van der Waals surface area contributed by atoms with E-state index in [-0.39, 0.29) is 24.5 Å². The normalized spacial score (nSPS) is 10.4. The average molecular weight is 428 g/mol. The third kappa shape index (κ3) is 8.32. The number of hydrogen-bond acceptors (Lipinski definition) is 5. The van der Waals surface area contributed by atoms with Crippen LogP contribution < -0.4 is 19.5 Å². The summed E-state index contributed by atoms with van der Waals surface area (Å²) in [6.07, 6.45) is 4.34. The molecule has 0 bridgehead atoms. The Labute approximate surface area is 184 Å². The number of ether oxygens (including phenoxy) is 3. The molecule has 0 aliphatic carbocycles. The van der Waals surface area contributed by atoms with E-state index in [4.69, 9.17) is 14.2 Å². The standard InChI is InChI=1S/C25H33NO5/c1-4-5-6-17-31-21-10-8-20(9-11-21)22(27)12-14-25(28)26-16-15-19-7-13-23(29-2)24(18-19)30-3/h7-11,13,18H,4-6,12,14-17H2,1-3H3,(H,26,28). The van der Waals surface area contributed by atoms with E-state index in [1.807, 2.05) is 30.3 Å². The van der Waals surface area contributed by atoms with E-state index in [0.717, 1.165) is 30.6 Å². The smallest absolute Gasteiger partial charge is 0.220 e. The number of ketones is 1. The molecule has 0 radical (unpaired) electrons. The van der Waals surface area contributed by atoms with Crippen LogP contribution in [-0.4, -0.2) is 39.1 Å². The molecule has 0 unspecified atom stereocenters. The monoisotopic (exact) mass is 427 g/mol. The zero-order chi connectivity index (χ0) is 22.5. The molecule has 0 saturated carbocycles. The fourth-order valence-electron chi connectivity index (χ4n) is 3.12. The van der Waals surface area contributed by atoms with Crippen molar-refractivity contribution >= 4 is 11.7 Å². The lowest BCUT2D eigenvalue weighted by atomic mass is 10.1. The number of unbranched alkanes of at least 4 members (excludes halogenated alkanes) is 2. The zero-order valence-electron chi connectivity index (χ0n) is 18.7. The van der Waals surface area contributed by atoms with Gasteiger partial charge in [-0.2, -0.15) is 0 Å². The SMILES string of the molecule is CCCCCOc1ccc(C(=O)CCC(=O)NCCc2ccc(OC)c(OC)c2)cc1. The number of hydrogen-bond donors (Lipinski definition) is 1. The van der Waals surface area contributed by atoms with Crippen molar-refractivity contribution in [3.63, 3.8) is 0 Å². The van der Waals surface area contributed by atoms with Gasteiger partial charge in [0.15, 0.2) is 17.3 Å². The zero-order valence-corrected chi connectivity index (χ0v) is 18.7. The van der Waals surface area contributed by atoms with Gasteiger partial charge in [-0.05, 0) is 54.8 Å². The van der Waals surface area contributed by atoms with Crippen molar-refractivity contribution in [2.24, 2.45) is 0 Å². The van der Waals surface area contributed by atoms with Gasteiger partial charge in [0.05, 0.1) is 20.8 Å². The van der Waals surface area contributed by atoms with Crippen LogP contribution in [-0.2, 0) is 11.2 Å². The van der Waals surface area contributed by atoms with Crippen molar-refractivity contribution in [2.45, 2.75) is 45.4 Å². The summed E-state index contributed by atoms with van der Waals surface area (Å²) in [4.78, 5) is 24.4. The Morgan fingerprint density at radius 1 is 0.903 bits per heavy atom. The Morgan fingerprint density at radius 3 is 2.32 bits per heavy atom. The van der Waals surface area contributed by atoms with Gasteiger partial charge in [0.25, 0.3) is 0 Å². The maximum absolute atomic E-state index is 12.3. The molecule has 0 aromatic heterocycles. The van der Waals surface area contributed by atoms with Crippen molar-refractivity contribution in [3.8, 4) is 17.2 Å². The minimum absolute atomic E-state index is 0.0485. The fraction of sp³-hybridized carbons (Fsp3) is 0.440. The summed E-state index contributed by atoms with van der Waals surface area (Å²) in [5.41, 5.74) is 1.63. The topological polar surface area (TPSA) is 73.9 Å². The number of carbonyl (C=O) groups is 2. The number of carbonyl (C=O) groups excluding carboxylic acids is 2. The molecule has 6 heteroatoms. The summed E-state index contributed by atoms with van der Waals surface area (Å²) in [6, 6.07) is 12.8. The van der Waals surface area contributed by atoms with Gasteiger partial charge in [-0.3, -0.25) is 9.59 Å². The number of Topliss-reactive ketones (excluding diaryl/α,β-unsaturated/α-hetero) is 1. The molecule has 0 aliphatic rings. The number of nitrogens with one attached hydrogen (secondary N) is 1. The third-order valence-electron chi connectivity index (χ3n) is 4.96. The van der Waals surface area contributed by atoms with E-state index >= 15 is 0 Å². The van der Waals surface area contributed by atoms with Crippen LogP contribution in [0.4, 0.5) is 0 Å². The molecular weight excluding hydrogens is 394 g/mol. The van der Waals surface area contributed by atoms with E-state index in [0.29, 0.717) is 36.6 Å². The lowest BCUT2D eigenvalue weighted by Crippen LogP contribution is -2.26. The van der Waals surface area contributed by atoms with Gasteiger partial charge in [0, 0.05) is 24.9 Å². The second-order valence-corrected chi connectivity index (χ2v) is 7.29. The summed E-state index contributed by atoms with van der Waals surface area (Å²) in [5.74, 6) is 1.91. The molecule has 2 rings (SSSR count). The second-order valence-electron chi connectivity index (χ2n) is 7.29. The van der Waals surface area contributed by atoms with Crippen LogP contribution in [0.3, 0.4) is 0 Å². The Morgan fingerprint density at radius 2 is 1.65 bits per heavy atom. The van der Waals surface area contributed by atoms with Gasteiger partial charge >= 0.3 is 0 Å². The number of rotatable bonds is 14. The van der Waals surface area contributed by atoms with Crippen LogP contribution in [0.2, 0.25) is 0 Å². The summed E-state index contributed by atoms with van der Waals surface area (Å²) in [6.45, 7) is 3.33. The highest BCUT2D eigenvalue weighted by molar-refractivity contribution is 5.98. The average Bonchev–Trinajstić information content (AvgIpc) is 2.80. The van der Waals surface area contributed by atoms with Gasteiger partial charge in [0.1, 0.15) is 5.75 Å². The molecule has 0 spiro atoms. The van der Waals surface area contributed by atoms with Gasteiger partial charge in [-0.1, -0.05) is 25.8 Å². The van der Waals surface area contributed by atoms with Crippen LogP contribution in [0.25, 0.3) is 0 Å². The van der Waals surface area contributed by atoms with Crippen LogP contribution in [0.1, 0.15) is 54.9 Å². The largest absolute Gasteiger partial charge is 0.494 e. The van der Waals surface area contributed by atoms with Crippen molar-refractivity contribution in [2.75, 3.05) is 27.4 Å². The molecule has 2 aromatic carbocycles. The quantitative estimate of drug-likeness (QED) is 0.352. The minimum atomic E-state index is -0.135. The summed E-state index contributed by atoms with van der Waals surface area (Å²) >= 11 is 0. The van der Waals surface area contributed by atoms with Crippen molar-refractivity contribution in [1.82, 2.24) is 5.32 Å². The van der Waals surface area contributed by atoms with Crippen LogP contribution >= 0.6 is 0 Å². The van der Waals surface area contributed by atoms with Crippen molar-refractivity contribution in [3.05, 3.63) is 53.6 Å². The predicted molar refractivity (Wildman–Crippen MR) is 121 cm³/mol. The molecule has 168 valence electrons. The van der Waals surface area contributed by atoms with Crippen LogP contribution in [0.5, 0.6) is 17.2 Å². The second kappa shape index (κ2) is 13.3. The molecule has 1 N–H and O–H groups in total. The summed E-state index contributed by atoms with van der Waals surface area (Å²) in [5, 5.41) is 2.86. The molecule has 0 saturated heterocycles. The highest BCUT2D eigenvalue weighted by atomic mass is 16.5. The van der Waals surface area contributed by atoms with Crippen molar-refractivity contribution in [1.29, 1.82) is 0 Å². The molecule has 2 aromatic rings. The molecule has 0 fully saturated rings. The molecule has 6 nitrogen and oxygen atoms in total. The lowest BCUT2D eigenvalue weighted by Gasteiger charge is -2.10. The molecule has 31 heavy (non-hydrogen) atoms. The van der Waals surface area contributed by atoms with Gasteiger partial charge in [-0.15, -0.1) is 0 Å². The van der Waals surface area contributed by atoms with Crippen LogP contribution in [0.15, 0.2) is 42.5 Å². The summed E-state index contributed by atoms with van der Waals surface area (Å²) < 4.78 is 16.2. The van der Waals surface area contributed by atoms with E-state index in [1.165, 1.54) is 0 Å². The number of amides is 1. The predicted octanol–water partition coefficient (Wildman–Crippen LogP) is 4.59. The fourth-order valence-corrected chi connectivity index (χ4v) is 3.12. The van der Waals surface area contributed by atoms with E-state index in [2.05, 4.69) is 12.2 Å². The van der Waals surface area contributed by atoms with Gasteiger partial charge in [0.2, 0.25) is 5.91 Å². The lowest BCUT2D eigenvalue weighted by molar-refractivity contribution is -0.121. The molecule has 0 heterocycles. The Kier molecular flexibility index (Phi) is 10.4. The van der Waals surface area contributed by atoms with E-state index < -0.39 is 0 Å². The van der Waals surface area contributed by atoms with E-state index in [1.54, 1.807) is 26.4 Å². The maximum Gasteiger partial charge on any atom is 0.220 e. The van der Waals surface area contributed by atoms with Crippen LogP contribution in [0, 0.1) is 0 Å². The molecule has 0 aliphatic heterocycles. The number of benzene rings is 2. The van der Waals surface area contributed by atoms with Gasteiger partial charge in [-0.25, -0.2) is 0 Å². The third-order valence-corrected chi connectivity index (χ3v) is 4.96. The molecular formula is C25H33NO5. The Balaban J connectivity index is 1.70. The number of methoxy groups -OCH3 is 2. The van der Waals surface area contributed by atoms with Gasteiger partial charge < -0.3 is 19.5 Å². The first-order valence-electron chi connectivity index (χ1n) is 10.8. The highest BCUT2D eigenvalue weighted by Gasteiger charge is 2.10. The summed E-state index contributed by atoms with van der Waals surface area (Å²) in [7, 11) is 3.18. The van der Waals surface area contributed by atoms with Crippen molar-refractivity contribution < 1.29 is 23.8 Å². The highest BCUT2D eigenvalue weighted by Crippen LogP contribution is 2.27. The Bertz CT molecular complexity index is 832. The molecule has 0 atom stereocenters. The minimum Gasteiger partial charge on any atom is -0.494 e.